The molecule has 1 amide bonds. The van der Waals surface area contributed by atoms with Crippen molar-refractivity contribution in [2.24, 2.45) is 0 Å². The largest absolute Gasteiger partial charge is 0.389 e. The number of piperazine rings is 1. The second-order valence-electron chi connectivity index (χ2n) is 6.25. The molecule has 4 nitrogen and oxygen atoms in total. The number of aryl methyl sites for hydroxylation is 1. The maximum atomic E-state index is 12.4. The molecule has 0 unspecified atom stereocenters. The van der Waals surface area contributed by atoms with E-state index in [2.05, 4.69) is 4.90 Å². The van der Waals surface area contributed by atoms with Gasteiger partial charge in [-0.1, -0.05) is 17.7 Å². The molecule has 20 heavy (non-hydrogen) atoms. The van der Waals surface area contributed by atoms with Crippen molar-refractivity contribution in [1.82, 2.24) is 9.80 Å². The summed E-state index contributed by atoms with van der Waals surface area (Å²) >= 11 is 0. The molecule has 1 N–H and O–H groups in total. The average molecular weight is 276 g/mol. The van der Waals surface area contributed by atoms with E-state index in [1.165, 1.54) is 0 Å². The SMILES string of the molecule is Cc1ccc(C(=O)N2CCN(CC(C)(C)O)CC2)cc1. The Bertz CT molecular complexity index is 454. The van der Waals surface area contributed by atoms with E-state index in [4.69, 9.17) is 0 Å². The summed E-state index contributed by atoms with van der Waals surface area (Å²) in [5, 5.41) is 9.83. The molecule has 0 radical (unpaired) electrons. The van der Waals surface area contributed by atoms with Gasteiger partial charge >= 0.3 is 0 Å². The fourth-order valence-electron chi connectivity index (χ4n) is 2.54. The van der Waals surface area contributed by atoms with Crippen molar-refractivity contribution in [3.63, 3.8) is 0 Å². The van der Waals surface area contributed by atoms with Gasteiger partial charge in [0.15, 0.2) is 0 Å². The first-order chi connectivity index (χ1) is 9.35. The van der Waals surface area contributed by atoms with E-state index < -0.39 is 5.60 Å². The van der Waals surface area contributed by atoms with Crippen LogP contribution in [-0.2, 0) is 0 Å². The molecule has 0 aromatic heterocycles. The van der Waals surface area contributed by atoms with Crippen LogP contribution in [0.3, 0.4) is 0 Å². The Morgan fingerprint density at radius 1 is 1.15 bits per heavy atom. The number of aliphatic hydroxyl groups is 1. The molecule has 0 bridgehead atoms. The summed E-state index contributed by atoms with van der Waals surface area (Å²) in [7, 11) is 0. The lowest BCUT2D eigenvalue weighted by molar-refractivity contribution is 0.0178. The fraction of sp³-hybridized carbons (Fsp3) is 0.562. The molecule has 0 saturated carbocycles. The Labute approximate surface area is 121 Å². The van der Waals surface area contributed by atoms with Gasteiger partial charge in [-0.05, 0) is 32.9 Å². The third kappa shape index (κ3) is 4.05. The van der Waals surface area contributed by atoms with Crippen LogP contribution in [0.4, 0.5) is 0 Å². The zero-order valence-corrected chi connectivity index (χ0v) is 12.6. The van der Waals surface area contributed by atoms with Crippen molar-refractivity contribution in [2.75, 3.05) is 32.7 Å². The van der Waals surface area contributed by atoms with Gasteiger partial charge in [-0.15, -0.1) is 0 Å². The third-order valence-corrected chi connectivity index (χ3v) is 3.57. The van der Waals surface area contributed by atoms with Crippen molar-refractivity contribution < 1.29 is 9.90 Å². The van der Waals surface area contributed by atoms with Gasteiger partial charge in [0.1, 0.15) is 0 Å². The van der Waals surface area contributed by atoms with Crippen molar-refractivity contribution in [2.45, 2.75) is 26.4 Å². The Morgan fingerprint density at radius 2 is 1.70 bits per heavy atom. The second-order valence-corrected chi connectivity index (χ2v) is 6.25. The van der Waals surface area contributed by atoms with E-state index in [-0.39, 0.29) is 5.91 Å². The summed E-state index contributed by atoms with van der Waals surface area (Å²) in [6, 6.07) is 7.72. The summed E-state index contributed by atoms with van der Waals surface area (Å²) < 4.78 is 0. The van der Waals surface area contributed by atoms with Crippen LogP contribution in [0.25, 0.3) is 0 Å². The highest BCUT2D eigenvalue weighted by molar-refractivity contribution is 5.94. The number of hydrogen-bond donors (Lipinski definition) is 1. The molecule has 4 heteroatoms. The minimum Gasteiger partial charge on any atom is -0.389 e. The minimum atomic E-state index is -0.677. The van der Waals surface area contributed by atoms with Gasteiger partial charge in [-0.2, -0.15) is 0 Å². The van der Waals surface area contributed by atoms with E-state index >= 15 is 0 Å². The first-order valence-corrected chi connectivity index (χ1v) is 7.16. The van der Waals surface area contributed by atoms with Gasteiger partial charge in [-0.25, -0.2) is 0 Å². The summed E-state index contributed by atoms with van der Waals surface area (Å²) in [5.41, 5.74) is 1.24. The molecular formula is C16H24N2O2. The quantitative estimate of drug-likeness (QED) is 0.910. The van der Waals surface area contributed by atoms with Crippen molar-refractivity contribution in [3.8, 4) is 0 Å². The molecule has 0 atom stereocenters. The second kappa shape index (κ2) is 5.94. The summed E-state index contributed by atoms with van der Waals surface area (Å²) in [4.78, 5) is 16.5. The predicted molar refractivity (Wildman–Crippen MR) is 79.8 cm³/mol. The first kappa shape index (κ1) is 15.0. The predicted octanol–water partition coefficient (Wildman–Crippen LogP) is 1.52. The van der Waals surface area contributed by atoms with Crippen LogP contribution >= 0.6 is 0 Å². The van der Waals surface area contributed by atoms with Gasteiger partial charge in [0.2, 0.25) is 0 Å². The Hall–Kier alpha value is -1.39. The van der Waals surface area contributed by atoms with Gasteiger partial charge in [0.25, 0.3) is 5.91 Å². The van der Waals surface area contributed by atoms with Crippen molar-refractivity contribution in [3.05, 3.63) is 35.4 Å². The molecule has 110 valence electrons. The van der Waals surface area contributed by atoms with Crippen LogP contribution in [0.2, 0.25) is 0 Å². The maximum Gasteiger partial charge on any atom is 0.253 e. The number of hydrogen-bond acceptors (Lipinski definition) is 3. The third-order valence-electron chi connectivity index (χ3n) is 3.57. The first-order valence-electron chi connectivity index (χ1n) is 7.16. The fourth-order valence-corrected chi connectivity index (χ4v) is 2.54. The summed E-state index contributed by atoms with van der Waals surface area (Å²) in [6.45, 7) is 9.39. The van der Waals surface area contributed by atoms with E-state index in [0.717, 1.165) is 37.3 Å². The number of benzene rings is 1. The van der Waals surface area contributed by atoms with Crippen LogP contribution in [0, 0.1) is 6.92 Å². The molecule has 0 spiro atoms. The Balaban J connectivity index is 1.90. The molecule has 1 fully saturated rings. The zero-order chi connectivity index (χ0) is 14.8. The molecular weight excluding hydrogens is 252 g/mol. The van der Waals surface area contributed by atoms with E-state index in [1.807, 2.05) is 49.9 Å². The molecule has 1 aromatic carbocycles. The monoisotopic (exact) mass is 276 g/mol. The molecule has 2 rings (SSSR count). The molecule has 1 aliphatic rings. The lowest BCUT2D eigenvalue weighted by atomic mass is 10.1. The van der Waals surface area contributed by atoms with Crippen molar-refractivity contribution in [1.29, 1.82) is 0 Å². The van der Waals surface area contributed by atoms with Crippen LogP contribution in [-0.4, -0.2) is 59.1 Å². The van der Waals surface area contributed by atoms with E-state index in [1.54, 1.807) is 0 Å². The number of carbonyl (C=O) groups is 1. The van der Waals surface area contributed by atoms with Crippen LogP contribution in [0.5, 0.6) is 0 Å². The van der Waals surface area contributed by atoms with Gasteiger partial charge < -0.3 is 10.0 Å². The number of nitrogens with zero attached hydrogens (tertiary/aromatic N) is 2. The zero-order valence-electron chi connectivity index (χ0n) is 12.6. The van der Waals surface area contributed by atoms with E-state index in [9.17, 15) is 9.90 Å². The minimum absolute atomic E-state index is 0.105. The smallest absolute Gasteiger partial charge is 0.253 e. The van der Waals surface area contributed by atoms with Crippen LogP contribution in [0.1, 0.15) is 29.8 Å². The highest BCUT2D eigenvalue weighted by atomic mass is 16.3. The lowest BCUT2D eigenvalue weighted by Crippen LogP contribution is -2.51. The molecule has 1 heterocycles. The normalized spacial score (nSPS) is 17.3. The van der Waals surface area contributed by atoms with Gasteiger partial charge in [0, 0.05) is 38.3 Å². The molecule has 0 aliphatic carbocycles. The lowest BCUT2D eigenvalue weighted by Gasteiger charge is -2.37. The summed E-state index contributed by atoms with van der Waals surface area (Å²) in [5.74, 6) is 0.105. The van der Waals surface area contributed by atoms with Gasteiger partial charge in [0.05, 0.1) is 5.60 Å². The molecule has 1 aliphatic heterocycles. The standard InChI is InChI=1S/C16H24N2O2/c1-13-4-6-14(7-5-13)15(19)18-10-8-17(9-11-18)12-16(2,3)20/h4-7,20H,8-12H2,1-3H3. The number of amides is 1. The molecule has 1 saturated heterocycles. The van der Waals surface area contributed by atoms with Crippen molar-refractivity contribution >= 4 is 5.91 Å². The van der Waals surface area contributed by atoms with Crippen LogP contribution in [0.15, 0.2) is 24.3 Å². The molecule has 1 aromatic rings. The van der Waals surface area contributed by atoms with Crippen LogP contribution < -0.4 is 0 Å². The van der Waals surface area contributed by atoms with Gasteiger partial charge in [-0.3, -0.25) is 9.69 Å². The highest BCUT2D eigenvalue weighted by Gasteiger charge is 2.25. The Morgan fingerprint density at radius 3 is 2.20 bits per heavy atom. The Kier molecular flexibility index (Phi) is 4.45. The topological polar surface area (TPSA) is 43.8 Å². The average Bonchev–Trinajstić information content (AvgIpc) is 2.38. The number of rotatable bonds is 3. The highest BCUT2D eigenvalue weighted by Crippen LogP contribution is 2.12. The maximum absolute atomic E-state index is 12.4. The van der Waals surface area contributed by atoms with E-state index in [0.29, 0.717) is 6.54 Å². The number of β-amino-alcohol motifs (C(OH)–C–C–N with tert-alkyl or cyclic N) is 1. The number of carbonyl (C=O) groups excluding carboxylic acids is 1. The summed E-state index contributed by atoms with van der Waals surface area (Å²) in [6.07, 6.45) is 0.